The maximum Gasteiger partial charge on any atom is 0.120 e. The molecule has 13 heavy (non-hydrogen) atoms. The number of halogens is 1. The Balaban J connectivity index is 3.25. The number of nitrogens with two attached hydrogens (primary N) is 1. The van der Waals surface area contributed by atoms with Crippen LogP contribution in [0.25, 0.3) is 0 Å². The van der Waals surface area contributed by atoms with Crippen LogP contribution in [0.2, 0.25) is 5.02 Å². The lowest BCUT2D eigenvalue weighted by molar-refractivity contribution is 0.265. The van der Waals surface area contributed by atoms with Gasteiger partial charge in [-0.25, -0.2) is 0 Å². The summed E-state index contributed by atoms with van der Waals surface area (Å²) in [4.78, 5) is 0. The molecule has 1 atom stereocenters. The van der Waals surface area contributed by atoms with E-state index in [1.54, 1.807) is 13.0 Å². The highest BCUT2D eigenvalue weighted by atomic mass is 35.5. The largest absolute Gasteiger partial charge is 0.508 e. The normalized spacial score (nSPS) is 12.9. The van der Waals surface area contributed by atoms with Gasteiger partial charge in [0, 0.05) is 10.6 Å². The SMILES string of the molecule is Cc1c(Cl)ccc(O)c1C(N)CO. The van der Waals surface area contributed by atoms with E-state index in [0.717, 1.165) is 0 Å². The average Bonchev–Trinajstić information content (AvgIpc) is 2.12. The third-order valence-corrected chi connectivity index (χ3v) is 2.40. The van der Waals surface area contributed by atoms with Crippen molar-refractivity contribution in [3.05, 3.63) is 28.3 Å². The Morgan fingerprint density at radius 1 is 1.54 bits per heavy atom. The van der Waals surface area contributed by atoms with Gasteiger partial charge in [-0.1, -0.05) is 11.6 Å². The van der Waals surface area contributed by atoms with Crippen molar-refractivity contribution < 1.29 is 10.2 Å². The summed E-state index contributed by atoms with van der Waals surface area (Å²) in [5, 5.41) is 18.9. The number of phenols is 1. The van der Waals surface area contributed by atoms with Crippen molar-refractivity contribution in [2.45, 2.75) is 13.0 Å². The van der Waals surface area contributed by atoms with E-state index in [1.807, 2.05) is 0 Å². The third-order valence-electron chi connectivity index (χ3n) is 1.99. The molecule has 0 aromatic heterocycles. The molecule has 0 saturated carbocycles. The van der Waals surface area contributed by atoms with Crippen LogP contribution in [0.1, 0.15) is 17.2 Å². The number of hydrogen-bond acceptors (Lipinski definition) is 3. The fraction of sp³-hybridized carbons (Fsp3) is 0.333. The zero-order valence-corrected chi connectivity index (χ0v) is 8.04. The van der Waals surface area contributed by atoms with Crippen LogP contribution >= 0.6 is 11.6 Å². The number of rotatable bonds is 2. The molecule has 0 heterocycles. The van der Waals surface area contributed by atoms with E-state index in [1.165, 1.54) is 6.07 Å². The van der Waals surface area contributed by atoms with E-state index in [0.29, 0.717) is 16.1 Å². The van der Waals surface area contributed by atoms with Gasteiger partial charge in [-0.2, -0.15) is 0 Å². The second-order valence-corrected chi connectivity index (χ2v) is 3.30. The van der Waals surface area contributed by atoms with Gasteiger partial charge in [0.2, 0.25) is 0 Å². The molecule has 72 valence electrons. The van der Waals surface area contributed by atoms with E-state index >= 15 is 0 Å². The van der Waals surface area contributed by atoms with Crippen molar-refractivity contribution in [1.29, 1.82) is 0 Å². The molecule has 1 aromatic carbocycles. The van der Waals surface area contributed by atoms with Crippen molar-refractivity contribution >= 4 is 11.6 Å². The Labute approximate surface area is 81.8 Å². The van der Waals surface area contributed by atoms with Crippen molar-refractivity contribution in [2.24, 2.45) is 5.73 Å². The van der Waals surface area contributed by atoms with Crippen molar-refractivity contribution in [1.82, 2.24) is 0 Å². The fourth-order valence-electron chi connectivity index (χ4n) is 1.25. The quantitative estimate of drug-likeness (QED) is 0.677. The number of benzene rings is 1. The zero-order valence-electron chi connectivity index (χ0n) is 7.29. The van der Waals surface area contributed by atoms with Gasteiger partial charge in [-0.15, -0.1) is 0 Å². The molecular formula is C9H12ClNO2. The Morgan fingerprint density at radius 3 is 2.69 bits per heavy atom. The molecule has 4 heteroatoms. The molecule has 0 spiro atoms. The summed E-state index contributed by atoms with van der Waals surface area (Å²) < 4.78 is 0. The van der Waals surface area contributed by atoms with E-state index in [-0.39, 0.29) is 12.4 Å². The maximum absolute atomic E-state index is 9.47. The Hall–Kier alpha value is -0.770. The molecule has 0 radical (unpaired) electrons. The molecule has 4 N–H and O–H groups in total. The van der Waals surface area contributed by atoms with Gasteiger partial charge in [0.1, 0.15) is 5.75 Å². The van der Waals surface area contributed by atoms with Gasteiger partial charge in [0.05, 0.1) is 12.6 Å². The minimum atomic E-state index is -0.585. The highest BCUT2D eigenvalue weighted by molar-refractivity contribution is 6.31. The number of aliphatic hydroxyl groups is 1. The summed E-state index contributed by atoms with van der Waals surface area (Å²) in [7, 11) is 0. The molecule has 0 aliphatic carbocycles. The number of hydrogen-bond donors (Lipinski definition) is 3. The van der Waals surface area contributed by atoms with Gasteiger partial charge < -0.3 is 15.9 Å². The van der Waals surface area contributed by atoms with Gasteiger partial charge in [0.15, 0.2) is 0 Å². The van der Waals surface area contributed by atoms with Crippen LogP contribution in [-0.4, -0.2) is 16.8 Å². The van der Waals surface area contributed by atoms with Crippen LogP contribution in [0.15, 0.2) is 12.1 Å². The van der Waals surface area contributed by atoms with Crippen molar-refractivity contribution in [2.75, 3.05) is 6.61 Å². The minimum absolute atomic E-state index is 0.0726. The van der Waals surface area contributed by atoms with Gasteiger partial charge in [-0.05, 0) is 24.6 Å². The first-order valence-electron chi connectivity index (χ1n) is 3.92. The zero-order chi connectivity index (χ0) is 10.0. The molecule has 0 saturated heterocycles. The Kier molecular flexibility index (Phi) is 3.14. The molecule has 0 bridgehead atoms. The summed E-state index contributed by atoms with van der Waals surface area (Å²) >= 11 is 5.84. The molecule has 0 aliphatic heterocycles. The summed E-state index contributed by atoms with van der Waals surface area (Å²) in [5.74, 6) is 0.0726. The first-order valence-corrected chi connectivity index (χ1v) is 4.30. The Bertz CT molecular complexity index is 315. The van der Waals surface area contributed by atoms with Crippen LogP contribution in [0.3, 0.4) is 0 Å². The molecule has 0 aliphatic rings. The third kappa shape index (κ3) is 1.94. The lowest BCUT2D eigenvalue weighted by Crippen LogP contribution is -2.16. The van der Waals surface area contributed by atoms with Gasteiger partial charge in [-0.3, -0.25) is 0 Å². The van der Waals surface area contributed by atoms with Crippen LogP contribution in [0, 0.1) is 6.92 Å². The first kappa shape index (κ1) is 10.3. The monoisotopic (exact) mass is 201 g/mol. The van der Waals surface area contributed by atoms with Crippen molar-refractivity contribution in [3.63, 3.8) is 0 Å². The lowest BCUT2D eigenvalue weighted by Gasteiger charge is -2.14. The molecule has 1 aromatic rings. The first-order chi connectivity index (χ1) is 6.07. The van der Waals surface area contributed by atoms with Crippen LogP contribution in [0.5, 0.6) is 5.75 Å². The highest BCUT2D eigenvalue weighted by Gasteiger charge is 2.14. The average molecular weight is 202 g/mol. The van der Waals surface area contributed by atoms with Crippen LogP contribution < -0.4 is 5.73 Å². The smallest absolute Gasteiger partial charge is 0.120 e. The summed E-state index contributed by atoms with van der Waals surface area (Å²) in [6.07, 6.45) is 0. The predicted molar refractivity (Wildman–Crippen MR) is 51.9 cm³/mol. The second kappa shape index (κ2) is 3.96. The van der Waals surface area contributed by atoms with Gasteiger partial charge in [0.25, 0.3) is 0 Å². The van der Waals surface area contributed by atoms with E-state index < -0.39 is 6.04 Å². The van der Waals surface area contributed by atoms with E-state index in [2.05, 4.69) is 0 Å². The molecule has 3 nitrogen and oxygen atoms in total. The summed E-state index contributed by atoms with van der Waals surface area (Å²) in [6, 6.07) is 2.48. The lowest BCUT2D eigenvalue weighted by atomic mass is 10.0. The molecule has 0 amide bonds. The van der Waals surface area contributed by atoms with Crippen LogP contribution in [0.4, 0.5) is 0 Å². The standard InChI is InChI=1S/C9H12ClNO2/c1-5-6(10)2-3-8(13)9(5)7(11)4-12/h2-3,7,12-13H,4,11H2,1H3. The number of aliphatic hydroxyl groups excluding tert-OH is 1. The maximum atomic E-state index is 9.47. The van der Waals surface area contributed by atoms with Crippen LogP contribution in [-0.2, 0) is 0 Å². The minimum Gasteiger partial charge on any atom is -0.508 e. The highest BCUT2D eigenvalue weighted by Crippen LogP contribution is 2.30. The summed E-state index contributed by atoms with van der Waals surface area (Å²) in [5.41, 5.74) is 6.82. The summed E-state index contributed by atoms with van der Waals surface area (Å²) in [6.45, 7) is 1.54. The Morgan fingerprint density at radius 2 is 2.15 bits per heavy atom. The van der Waals surface area contributed by atoms with Gasteiger partial charge >= 0.3 is 0 Å². The molecule has 1 unspecified atom stereocenters. The fourth-order valence-corrected chi connectivity index (χ4v) is 1.41. The predicted octanol–water partition coefficient (Wildman–Crippen LogP) is 1.35. The molecule has 1 rings (SSSR count). The number of phenolic OH excluding ortho intramolecular Hbond substituents is 1. The molecular weight excluding hydrogens is 190 g/mol. The van der Waals surface area contributed by atoms with Crippen molar-refractivity contribution in [3.8, 4) is 5.75 Å². The van der Waals surface area contributed by atoms with E-state index in [9.17, 15) is 5.11 Å². The second-order valence-electron chi connectivity index (χ2n) is 2.89. The topological polar surface area (TPSA) is 66.5 Å². The van der Waals surface area contributed by atoms with E-state index in [4.69, 9.17) is 22.4 Å². The molecule has 0 fully saturated rings. The number of aromatic hydroxyl groups is 1.